The molecule has 0 spiro atoms. The van der Waals surface area contributed by atoms with Crippen molar-refractivity contribution in [2.45, 2.75) is 44.7 Å². The SMILES string of the molecule is Cn1cc2c(n1)NC(=O)CCCn1cc(c(C3CC3)n1)C1=NCc3ncc-2nc31. The van der Waals surface area contributed by atoms with Crippen LogP contribution in [0, 0.1) is 0 Å². The zero-order chi connectivity index (χ0) is 19.5. The number of aliphatic imine (C=N–C) groups is 1. The highest BCUT2D eigenvalue weighted by molar-refractivity contribution is 6.14. The predicted octanol–water partition coefficient (Wildman–Crippen LogP) is 2.03. The summed E-state index contributed by atoms with van der Waals surface area (Å²) in [5.41, 5.74) is 6.17. The first-order valence-electron chi connectivity index (χ1n) is 9.98. The summed E-state index contributed by atoms with van der Waals surface area (Å²) in [4.78, 5) is 26.8. The molecule has 9 nitrogen and oxygen atoms in total. The molecule has 1 amide bonds. The monoisotopic (exact) mass is 388 g/mol. The standard InChI is InChI=1S/C20H20N8O/c1-27-9-12-14-7-21-15-8-22-18(19(15)23-14)13-10-28(25-17(13)11-4-5-11)6-2-3-16(29)24-20(12)26-27/h7,9-11H,2-6,8H2,1H3,(H,24,26,29). The summed E-state index contributed by atoms with van der Waals surface area (Å²) in [6.45, 7) is 1.22. The molecule has 0 saturated heterocycles. The van der Waals surface area contributed by atoms with Gasteiger partial charge in [0.2, 0.25) is 5.91 Å². The molecular weight excluding hydrogens is 368 g/mol. The molecule has 9 heteroatoms. The summed E-state index contributed by atoms with van der Waals surface area (Å²) in [5.74, 6) is 0.948. The Labute approximate surface area is 166 Å². The van der Waals surface area contributed by atoms with E-state index in [4.69, 9.17) is 15.1 Å². The number of nitrogens with zero attached hydrogens (tertiary/aromatic N) is 7. The van der Waals surface area contributed by atoms with E-state index < -0.39 is 0 Å². The van der Waals surface area contributed by atoms with E-state index in [0.29, 0.717) is 43.4 Å². The van der Waals surface area contributed by atoms with Gasteiger partial charge in [0.25, 0.3) is 0 Å². The van der Waals surface area contributed by atoms with Crippen molar-refractivity contribution in [1.29, 1.82) is 0 Å². The first-order chi connectivity index (χ1) is 14.2. The number of rotatable bonds is 1. The number of carbonyl (C=O) groups is 1. The summed E-state index contributed by atoms with van der Waals surface area (Å²) in [6, 6.07) is 0. The lowest BCUT2D eigenvalue weighted by atomic mass is 10.1. The van der Waals surface area contributed by atoms with Crippen LogP contribution in [-0.4, -0.2) is 41.1 Å². The lowest BCUT2D eigenvalue weighted by molar-refractivity contribution is -0.116. The van der Waals surface area contributed by atoms with Crippen LogP contribution >= 0.6 is 0 Å². The molecule has 1 aliphatic carbocycles. The maximum Gasteiger partial charge on any atom is 0.225 e. The Morgan fingerprint density at radius 2 is 2.07 bits per heavy atom. The summed E-state index contributed by atoms with van der Waals surface area (Å²) >= 11 is 0. The second-order valence-electron chi connectivity index (χ2n) is 7.90. The molecule has 0 atom stereocenters. The minimum atomic E-state index is -0.0619. The van der Waals surface area contributed by atoms with E-state index in [9.17, 15) is 4.79 Å². The van der Waals surface area contributed by atoms with Gasteiger partial charge in [0, 0.05) is 43.9 Å². The molecule has 1 fully saturated rings. The van der Waals surface area contributed by atoms with Crippen molar-refractivity contribution in [1.82, 2.24) is 29.5 Å². The Morgan fingerprint density at radius 1 is 1.17 bits per heavy atom. The van der Waals surface area contributed by atoms with Crippen LogP contribution in [-0.2, 0) is 24.9 Å². The second kappa shape index (κ2) is 6.07. The van der Waals surface area contributed by atoms with Crippen LogP contribution in [0.1, 0.15) is 54.2 Å². The fourth-order valence-electron chi connectivity index (χ4n) is 4.05. The highest BCUT2D eigenvalue weighted by Gasteiger charge is 2.33. The van der Waals surface area contributed by atoms with Crippen molar-refractivity contribution in [3.63, 3.8) is 0 Å². The topological polar surface area (TPSA) is 103 Å². The number of amides is 1. The average Bonchev–Trinajstić information content (AvgIpc) is 3.16. The van der Waals surface area contributed by atoms with Gasteiger partial charge in [-0.05, 0) is 19.3 Å². The molecular formula is C20H20N8O. The molecule has 3 aliphatic rings. The van der Waals surface area contributed by atoms with Crippen molar-refractivity contribution in [3.05, 3.63) is 41.2 Å². The molecule has 3 aromatic heterocycles. The highest BCUT2D eigenvalue weighted by atomic mass is 16.1. The van der Waals surface area contributed by atoms with Crippen molar-refractivity contribution >= 4 is 17.4 Å². The number of fused-ring (bicyclic) bond motifs is 6. The van der Waals surface area contributed by atoms with Crippen LogP contribution in [0.25, 0.3) is 11.3 Å². The van der Waals surface area contributed by atoms with E-state index in [1.807, 2.05) is 17.9 Å². The number of carbonyl (C=O) groups excluding carboxylic acids is 1. The third kappa shape index (κ3) is 2.76. The molecule has 1 saturated carbocycles. The lowest BCUT2D eigenvalue weighted by Crippen LogP contribution is -2.14. The molecule has 0 radical (unpaired) electrons. The molecule has 146 valence electrons. The van der Waals surface area contributed by atoms with Gasteiger partial charge >= 0.3 is 0 Å². The van der Waals surface area contributed by atoms with Crippen LogP contribution in [0.2, 0.25) is 0 Å². The molecule has 4 bridgehead atoms. The Hall–Kier alpha value is -3.36. The molecule has 0 unspecified atom stereocenters. The fraction of sp³-hybridized carbons (Fsp3) is 0.400. The molecule has 0 aromatic carbocycles. The van der Waals surface area contributed by atoms with Crippen molar-refractivity contribution in [2.75, 3.05) is 5.32 Å². The second-order valence-corrected chi connectivity index (χ2v) is 7.90. The highest BCUT2D eigenvalue weighted by Crippen LogP contribution is 2.42. The zero-order valence-electron chi connectivity index (χ0n) is 16.1. The molecule has 3 aromatic rings. The van der Waals surface area contributed by atoms with E-state index in [1.165, 1.54) is 0 Å². The number of nitrogens with one attached hydrogen (secondary N) is 1. The van der Waals surface area contributed by atoms with Gasteiger partial charge in [-0.2, -0.15) is 10.2 Å². The minimum absolute atomic E-state index is 0.0619. The Balaban J connectivity index is 1.54. The number of aryl methyl sites for hydroxylation is 2. The van der Waals surface area contributed by atoms with Gasteiger partial charge in [-0.25, -0.2) is 4.98 Å². The van der Waals surface area contributed by atoms with Gasteiger partial charge in [0.15, 0.2) is 5.82 Å². The predicted molar refractivity (Wildman–Crippen MR) is 106 cm³/mol. The fourth-order valence-corrected chi connectivity index (χ4v) is 4.05. The zero-order valence-corrected chi connectivity index (χ0v) is 16.1. The van der Waals surface area contributed by atoms with Crippen LogP contribution < -0.4 is 5.32 Å². The van der Waals surface area contributed by atoms with E-state index >= 15 is 0 Å². The third-order valence-electron chi connectivity index (χ3n) is 5.62. The van der Waals surface area contributed by atoms with Gasteiger partial charge in [-0.3, -0.25) is 24.1 Å². The van der Waals surface area contributed by atoms with Crippen molar-refractivity contribution in [3.8, 4) is 11.3 Å². The Bertz CT molecular complexity index is 1180. The molecule has 6 rings (SSSR count). The summed E-state index contributed by atoms with van der Waals surface area (Å²) in [7, 11) is 1.83. The Morgan fingerprint density at radius 3 is 2.93 bits per heavy atom. The summed E-state index contributed by atoms with van der Waals surface area (Å²) < 4.78 is 3.63. The number of anilines is 1. The summed E-state index contributed by atoms with van der Waals surface area (Å²) in [6.07, 6.45) is 9.10. The van der Waals surface area contributed by atoms with E-state index in [1.54, 1.807) is 10.9 Å². The van der Waals surface area contributed by atoms with Gasteiger partial charge in [-0.15, -0.1) is 0 Å². The first kappa shape index (κ1) is 16.6. The normalized spacial score (nSPS) is 18.1. The van der Waals surface area contributed by atoms with Crippen LogP contribution in [0.3, 0.4) is 0 Å². The molecule has 1 N–H and O–H groups in total. The number of hydrogen-bond donors (Lipinski definition) is 1. The van der Waals surface area contributed by atoms with Gasteiger partial charge in [0.1, 0.15) is 5.69 Å². The van der Waals surface area contributed by atoms with Crippen LogP contribution in [0.15, 0.2) is 23.6 Å². The number of hydrogen-bond acceptors (Lipinski definition) is 6. The lowest BCUT2D eigenvalue weighted by Gasteiger charge is -2.08. The molecule has 29 heavy (non-hydrogen) atoms. The molecule has 5 heterocycles. The van der Waals surface area contributed by atoms with E-state index in [-0.39, 0.29) is 5.91 Å². The maximum atomic E-state index is 12.5. The maximum absolute atomic E-state index is 12.5. The van der Waals surface area contributed by atoms with Crippen molar-refractivity contribution < 1.29 is 4.79 Å². The smallest absolute Gasteiger partial charge is 0.225 e. The van der Waals surface area contributed by atoms with E-state index in [0.717, 1.165) is 46.8 Å². The largest absolute Gasteiger partial charge is 0.309 e. The van der Waals surface area contributed by atoms with Crippen molar-refractivity contribution in [2.24, 2.45) is 12.0 Å². The van der Waals surface area contributed by atoms with Gasteiger partial charge < -0.3 is 5.32 Å². The Kier molecular flexibility index (Phi) is 3.47. The van der Waals surface area contributed by atoms with Crippen LogP contribution in [0.4, 0.5) is 5.82 Å². The first-order valence-corrected chi connectivity index (χ1v) is 9.98. The quantitative estimate of drug-likeness (QED) is 0.687. The number of aromatic nitrogens is 6. The molecule has 2 aliphatic heterocycles. The van der Waals surface area contributed by atoms with Gasteiger partial charge in [0.05, 0.1) is 41.1 Å². The summed E-state index contributed by atoms with van der Waals surface area (Å²) in [5, 5.41) is 12.2. The van der Waals surface area contributed by atoms with Crippen LogP contribution in [0.5, 0.6) is 0 Å². The van der Waals surface area contributed by atoms with E-state index in [2.05, 4.69) is 21.6 Å². The average molecular weight is 388 g/mol. The third-order valence-corrected chi connectivity index (χ3v) is 5.62. The minimum Gasteiger partial charge on any atom is -0.309 e. The van der Waals surface area contributed by atoms with Gasteiger partial charge in [-0.1, -0.05) is 0 Å².